The Labute approximate surface area is 176 Å². The van der Waals surface area contributed by atoms with Crippen molar-refractivity contribution in [2.75, 3.05) is 31.7 Å². The third kappa shape index (κ3) is 3.94. The molecule has 2 aromatic rings. The lowest BCUT2D eigenvalue weighted by atomic mass is 10.0. The molecule has 30 heavy (non-hydrogen) atoms. The van der Waals surface area contributed by atoms with Crippen molar-refractivity contribution < 1.29 is 19.0 Å². The van der Waals surface area contributed by atoms with Gasteiger partial charge in [0.25, 0.3) is 0 Å². The van der Waals surface area contributed by atoms with Crippen LogP contribution in [0.15, 0.2) is 36.5 Å². The molecule has 6 heteroatoms. The van der Waals surface area contributed by atoms with Gasteiger partial charge in [0.15, 0.2) is 0 Å². The number of hydrogen-bond donors (Lipinski definition) is 1. The molecular formula is C24H28N2O4. The predicted octanol–water partition coefficient (Wildman–Crippen LogP) is 3.98. The molecule has 0 bridgehead atoms. The fraction of sp³-hybridized carbons (Fsp3) is 0.500. The Hall–Kier alpha value is -2.44. The summed E-state index contributed by atoms with van der Waals surface area (Å²) in [6, 6.07) is 10.1. The largest absolute Gasteiger partial charge is 0.490 e. The van der Waals surface area contributed by atoms with Crippen LogP contribution in [0.4, 0.5) is 5.82 Å². The summed E-state index contributed by atoms with van der Waals surface area (Å²) in [5, 5.41) is 3.00. The predicted molar refractivity (Wildman–Crippen MR) is 113 cm³/mol. The molecule has 1 aromatic carbocycles. The molecule has 1 spiro atoms. The Balaban J connectivity index is 1.26. The van der Waals surface area contributed by atoms with Gasteiger partial charge in [-0.15, -0.1) is 0 Å². The molecule has 2 unspecified atom stereocenters. The average molecular weight is 408 g/mol. The zero-order chi connectivity index (χ0) is 20.6. The molecule has 1 N–H and O–H groups in total. The Bertz CT molecular complexity index is 933. The van der Waals surface area contributed by atoms with E-state index in [2.05, 4.69) is 29.4 Å². The van der Waals surface area contributed by atoms with Crippen LogP contribution in [0.1, 0.15) is 31.2 Å². The number of benzene rings is 1. The first-order valence-electron chi connectivity index (χ1n) is 10.8. The molecule has 2 saturated heterocycles. The van der Waals surface area contributed by atoms with Crippen molar-refractivity contribution in [3.05, 3.63) is 42.1 Å². The van der Waals surface area contributed by atoms with E-state index in [0.29, 0.717) is 12.4 Å². The van der Waals surface area contributed by atoms with E-state index in [-0.39, 0.29) is 23.3 Å². The van der Waals surface area contributed by atoms with Gasteiger partial charge in [-0.2, -0.15) is 0 Å². The standard InChI is InChI=1S/C24H28N2O4/c1-16-12-17(2-3-21(16)30-19-5-9-28-10-6-19)18-4-8-25-22(13-18)26-23(27)20-14-24(20)7-11-29-15-24/h2-4,8,12-13,19-20H,5-7,9-11,14-15H2,1H3,(H,25,26,27). The van der Waals surface area contributed by atoms with Gasteiger partial charge >= 0.3 is 0 Å². The molecule has 158 valence electrons. The monoisotopic (exact) mass is 408 g/mol. The summed E-state index contributed by atoms with van der Waals surface area (Å²) in [6.07, 6.45) is 5.74. The number of rotatable bonds is 5. The van der Waals surface area contributed by atoms with Gasteiger partial charge in [-0.25, -0.2) is 4.98 Å². The molecular weight excluding hydrogens is 380 g/mol. The quantitative estimate of drug-likeness (QED) is 0.810. The van der Waals surface area contributed by atoms with Crippen LogP contribution < -0.4 is 10.1 Å². The highest BCUT2D eigenvalue weighted by atomic mass is 16.5. The first-order chi connectivity index (χ1) is 14.6. The Morgan fingerprint density at radius 2 is 1.97 bits per heavy atom. The van der Waals surface area contributed by atoms with E-state index in [4.69, 9.17) is 14.2 Å². The van der Waals surface area contributed by atoms with E-state index in [0.717, 1.165) is 67.9 Å². The summed E-state index contributed by atoms with van der Waals surface area (Å²) in [4.78, 5) is 17.0. The SMILES string of the molecule is Cc1cc(-c2ccnc(NC(=O)C3CC34CCOC4)c2)ccc1OC1CCOCC1. The number of hydrogen-bond acceptors (Lipinski definition) is 5. The summed E-state index contributed by atoms with van der Waals surface area (Å²) in [6.45, 7) is 5.08. The summed E-state index contributed by atoms with van der Waals surface area (Å²) in [5.74, 6) is 1.63. The van der Waals surface area contributed by atoms with Crippen molar-refractivity contribution in [2.24, 2.45) is 11.3 Å². The number of nitrogens with one attached hydrogen (secondary N) is 1. The maximum absolute atomic E-state index is 12.6. The molecule has 6 nitrogen and oxygen atoms in total. The van der Waals surface area contributed by atoms with Crippen LogP contribution in [0.25, 0.3) is 11.1 Å². The van der Waals surface area contributed by atoms with Crippen LogP contribution in [0.5, 0.6) is 5.75 Å². The summed E-state index contributed by atoms with van der Waals surface area (Å²) < 4.78 is 17.1. The number of ether oxygens (including phenoxy) is 3. The molecule has 3 heterocycles. The molecule has 3 fully saturated rings. The van der Waals surface area contributed by atoms with Crippen LogP contribution in [0.2, 0.25) is 0 Å². The number of aryl methyl sites for hydroxylation is 1. The van der Waals surface area contributed by atoms with Gasteiger partial charge in [0.2, 0.25) is 5.91 Å². The van der Waals surface area contributed by atoms with Crippen molar-refractivity contribution in [2.45, 2.75) is 38.7 Å². The zero-order valence-corrected chi connectivity index (χ0v) is 17.4. The second kappa shape index (κ2) is 8.00. The van der Waals surface area contributed by atoms with Crippen molar-refractivity contribution in [1.29, 1.82) is 0 Å². The van der Waals surface area contributed by atoms with Gasteiger partial charge in [-0.1, -0.05) is 6.07 Å². The molecule has 2 atom stereocenters. The lowest BCUT2D eigenvalue weighted by Gasteiger charge is -2.24. The summed E-state index contributed by atoms with van der Waals surface area (Å²) in [7, 11) is 0. The minimum atomic E-state index is 0.0503. The molecule has 1 amide bonds. The van der Waals surface area contributed by atoms with E-state index in [1.807, 2.05) is 18.2 Å². The number of anilines is 1. The highest BCUT2D eigenvalue weighted by Crippen LogP contribution is 2.58. The van der Waals surface area contributed by atoms with Gasteiger partial charge < -0.3 is 19.5 Å². The van der Waals surface area contributed by atoms with Crippen molar-refractivity contribution in [3.63, 3.8) is 0 Å². The summed E-state index contributed by atoms with van der Waals surface area (Å²) >= 11 is 0. The second-order valence-electron chi connectivity index (χ2n) is 8.75. The smallest absolute Gasteiger partial charge is 0.229 e. The Kier molecular flexibility index (Phi) is 5.21. The minimum Gasteiger partial charge on any atom is -0.490 e. The Morgan fingerprint density at radius 3 is 2.73 bits per heavy atom. The third-order valence-corrected chi connectivity index (χ3v) is 6.62. The highest BCUT2D eigenvalue weighted by Gasteiger charge is 2.59. The van der Waals surface area contributed by atoms with Crippen LogP contribution in [0.3, 0.4) is 0 Å². The lowest BCUT2D eigenvalue weighted by molar-refractivity contribution is -0.118. The number of amides is 1. The second-order valence-corrected chi connectivity index (χ2v) is 8.75. The average Bonchev–Trinajstić information content (AvgIpc) is 3.27. The van der Waals surface area contributed by atoms with E-state index >= 15 is 0 Å². The van der Waals surface area contributed by atoms with Gasteiger partial charge in [-0.3, -0.25) is 4.79 Å². The molecule has 1 aromatic heterocycles. The van der Waals surface area contributed by atoms with E-state index in [9.17, 15) is 4.79 Å². The zero-order valence-electron chi connectivity index (χ0n) is 17.4. The van der Waals surface area contributed by atoms with E-state index < -0.39 is 0 Å². The third-order valence-electron chi connectivity index (χ3n) is 6.62. The fourth-order valence-corrected chi connectivity index (χ4v) is 4.60. The van der Waals surface area contributed by atoms with Crippen LogP contribution in [-0.4, -0.2) is 43.4 Å². The molecule has 1 aliphatic carbocycles. The lowest BCUT2D eigenvalue weighted by Crippen LogP contribution is -2.26. The number of pyridine rings is 1. The highest BCUT2D eigenvalue weighted by molar-refractivity contribution is 5.94. The topological polar surface area (TPSA) is 69.7 Å². The van der Waals surface area contributed by atoms with Crippen molar-refractivity contribution in [1.82, 2.24) is 4.98 Å². The fourth-order valence-electron chi connectivity index (χ4n) is 4.60. The minimum absolute atomic E-state index is 0.0503. The first kappa shape index (κ1) is 19.5. The first-order valence-corrected chi connectivity index (χ1v) is 10.8. The maximum atomic E-state index is 12.6. The molecule has 0 radical (unpaired) electrons. The van der Waals surface area contributed by atoms with E-state index in [1.165, 1.54) is 0 Å². The molecule has 5 rings (SSSR count). The van der Waals surface area contributed by atoms with Crippen molar-refractivity contribution in [3.8, 4) is 16.9 Å². The van der Waals surface area contributed by atoms with Crippen LogP contribution in [0, 0.1) is 18.3 Å². The van der Waals surface area contributed by atoms with Crippen LogP contribution in [-0.2, 0) is 14.3 Å². The molecule has 1 saturated carbocycles. The molecule has 3 aliphatic rings. The van der Waals surface area contributed by atoms with Gasteiger partial charge in [0, 0.05) is 37.0 Å². The number of carbonyl (C=O) groups is 1. The normalized spacial score (nSPS) is 26.0. The summed E-state index contributed by atoms with van der Waals surface area (Å²) in [5.41, 5.74) is 3.29. The van der Waals surface area contributed by atoms with Gasteiger partial charge in [-0.05, 0) is 60.7 Å². The van der Waals surface area contributed by atoms with Gasteiger partial charge in [0.1, 0.15) is 17.7 Å². The number of nitrogens with zero attached hydrogens (tertiary/aromatic N) is 1. The Morgan fingerprint density at radius 1 is 1.13 bits per heavy atom. The van der Waals surface area contributed by atoms with Crippen molar-refractivity contribution >= 4 is 11.7 Å². The van der Waals surface area contributed by atoms with Crippen LogP contribution >= 0.6 is 0 Å². The maximum Gasteiger partial charge on any atom is 0.229 e. The molecule has 2 aliphatic heterocycles. The van der Waals surface area contributed by atoms with Gasteiger partial charge in [0.05, 0.1) is 19.8 Å². The number of carbonyl (C=O) groups excluding carboxylic acids is 1. The van der Waals surface area contributed by atoms with E-state index in [1.54, 1.807) is 6.20 Å². The number of aromatic nitrogens is 1.